The highest BCUT2D eigenvalue weighted by Gasteiger charge is 2.48. The number of benzene rings is 2. The van der Waals surface area contributed by atoms with Crippen LogP contribution in [0.25, 0.3) is 5.76 Å². The number of anilines is 1. The quantitative estimate of drug-likeness (QED) is 0.303. The van der Waals surface area contributed by atoms with Gasteiger partial charge in [0, 0.05) is 16.2 Å². The van der Waals surface area contributed by atoms with Crippen LogP contribution in [-0.4, -0.2) is 31.0 Å². The second-order valence-electron chi connectivity index (χ2n) is 7.16. The Kier molecular flexibility index (Phi) is 5.80. The summed E-state index contributed by atoms with van der Waals surface area (Å²) in [5.41, 5.74) is 0.655. The van der Waals surface area contributed by atoms with Gasteiger partial charge >= 0.3 is 0 Å². The predicted molar refractivity (Wildman–Crippen MR) is 122 cm³/mol. The number of nitrogens with zero attached hydrogens (tertiary/aromatic N) is 1. The van der Waals surface area contributed by atoms with E-state index in [0.29, 0.717) is 28.7 Å². The first kappa shape index (κ1) is 21.7. The SMILES string of the molecule is COc1ccc(/C(O)=C2/C(=O)C(=O)N(c3cccc(Br)c3)C2c2ccc(C)o2)c(OC)c1. The number of methoxy groups -OCH3 is 2. The molecule has 8 heteroatoms. The van der Waals surface area contributed by atoms with Crippen molar-refractivity contribution >= 4 is 39.1 Å². The molecule has 7 nitrogen and oxygen atoms in total. The number of carbonyl (C=O) groups excluding carboxylic acids is 2. The highest BCUT2D eigenvalue weighted by atomic mass is 79.9. The number of hydrogen-bond acceptors (Lipinski definition) is 6. The molecule has 4 rings (SSSR count). The lowest BCUT2D eigenvalue weighted by molar-refractivity contribution is -0.132. The lowest BCUT2D eigenvalue weighted by Gasteiger charge is -2.23. The van der Waals surface area contributed by atoms with Crippen LogP contribution in [0.2, 0.25) is 0 Å². The van der Waals surface area contributed by atoms with Crippen molar-refractivity contribution in [3.8, 4) is 11.5 Å². The van der Waals surface area contributed by atoms with Crippen LogP contribution in [0.5, 0.6) is 11.5 Å². The van der Waals surface area contributed by atoms with Crippen molar-refractivity contribution in [3.05, 3.63) is 81.7 Å². The molecule has 0 aliphatic carbocycles. The molecule has 1 fully saturated rings. The number of halogens is 1. The Labute approximate surface area is 193 Å². The number of amides is 1. The van der Waals surface area contributed by atoms with Gasteiger partial charge in [-0.25, -0.2) is 0 Å². The summed E-state index contributed by atoms with van der Waals surface area (Å²) in [5, 5.41) is 11.2. The number of aliphatic hydroxyl groups excluding tert-OH is 1. The molecule has 1 N–H and O–H groups in total. The summed E-state index contributed by atoms with van der Waals surface area (Å²) in [6.07, 6.45) is 0. The molecule has 1 saturated heterocycles. The van der Waals surface area contributed by atoms with Crippen LogP contribution < -0.4 is 14.4 Å². The summed E-state index contributed by atoms with van der Waals surface area (Å²) in [4.78, 5) is 27.6. The third-order valence-electron chi connectivity index (χ3n) is 5.23. The number of aryl methyl sites for hydroxylation is 1. The van der Waals surface area contributed by atoms with Crippen molar-refractivity contribution < 1.29 is 28.6 Å². The van der Waals surface area contributed by atoms with E-state index in [1.807, 2.05) is 6.07 Å². The number of hydrogen-bond donors (Lipinski definition) is 1. The topological polar surface area (TPSA) is 89.2 Å². The van der Waals surface area contributed by atoms with Gasteiger partial charge in [-0.05, 0) is 49.4 Å². The summed E-state index contributed by atoms with van der Waals surface area (Å²) in [7, 11) is 2.95. The average Bonchev–Trinajstić information content (AvgIpc) is 3.33. The summed E-state index contributed by atoms with van der Waals surface area (Å²) in [5.74, 6) is -0.163. The summed E-state index contributed by atoms with van der Waals surface area (Å²) in [6.45, 7) is 1.77. The molecule has 0 radical (unpaired) electrons. The van der Waals surface area contributed by atoms with Crippen molar-refractivity contribution in [3.63, 3.8) is 0 Å². The average molecular weight is 498 g/mol. The van der Waals surface area contributed by atoms with Crippen molar-refractivity contribution in [1.29, 1.82) is 0 Å². The van der Waals surface area contributed by atoms with Crippen molar-refractivity contribution in [2.75, 3.05) is 19.1 Å². The molecule has 0 spiro atoms. The van der Waals surface area contributed by atoms with E-state index in [-0.39, 0.29) is 16.9 Å². The van der Waals surface area contributed by atoms with E-state index in [4.69, 9.17) is 13.9 Å². The highest BCUT2D eigenvalue weighted by molar-refractivity contribution is 9.10. The Morgan fingerprint density at radius 2 is 1.84 bits per heavy atom. The minimum Gasteiger partial charge on any atom is -0.507 e. The molecule has 1 amide bonds. The fourth-order valence-electron chi connectivity index (χ4n) is 3.73. The molecule has 1 atom stereocenters. The molecule has 1 aliphatic heterocycles. The van der Waals surface area contributed by atoms with Gasteiger partial charge in [-0.1, -0.05) is 22.0 Å². The minimum atomic E-state index is -0.954. The first-order valence-corrected chi connectivity index (χ1v) is 10.5. The largest absolute Gasteiger partial charge is 0.507 e. The van der Waals surface area contributed by atoms with Crippen molar-refractivity contribution in [2.24, 2.45) is 0 Å². The maximum atomic E-state index is 13.2. The van der Waals surface area contributed by atoms with Gasteiger partial charge in [0.05, 0.1) is 25.4 Å². The molecule has 2 aromatic carbocycles. The number of furan rings is 1. The van der Waals surface area contributed by atoms with E-state index in [2.05, 4.69) is 15.9 Å². The second-order valence-corrected chi connectivity index (χ2v) is 8.08. The van der Waals surface area contributed by atoms with Crippen LogP contribution >= 0.6 is 15.9 Å². The van der Waals surface area contributed by atoms with E-state index < -0.39 is 17.7 Å². The molecule has 0 bridgehead atoms. The van der Waals surface area contributed by atoms with Gasteiger partial charge in [-0.15, -0.1) is 0 Å². The molecule has 3 aromatic rings. The maximum absolute atomic E-state index is 13.2. The van der Waals surface area contributed by atoms with Gasteiger partial charge in [0.15, 0.2) is 0 Å². The van der Waals surface area contributed by atoms with Crippen LogP contribution in [0.15, 0.2) is 69.1 Å². The van der Waals surface area contributed by atoms with Crippen molar-refractivity contribution in [2.45, 2.75) is 13.0 Å². The number of aliphatic hydroxyl groups is 1. The van der Waals surface area contributed by atoms with Gasteiger partial charge in [-0.2, -0.15) is 0 Å². The number of ketones is 1. The van der Waals surface area contributed by atoms with E-state index in [9.17, 15) is 14.7 Å². The molecule has 0 saturated carbocycles. The van der Waals surface area contributed by atoms with Gasteiger partial charge in [0.25, 0.3) is 11.7 Å². The molecule has 2 heterocycles. The fraction of sp³-hybridized carbons (Fsp3) is 0.167. The fourth-order valence-corrected chi connectivity index (χ4v) is 4.12. The third kappa shape index (κ3) is 3.67. The Morgan fingerprint density at radius 1 is 1.06 bits per heavy atom. The van der Waals surface area contributed by atoms with Gasteiger partial charge in [-0.3, -0.25) is 14.5 Å². The van der Waals surface area contributed by atoms with Gasteiger partial charge in [0.1, 0.15) is 34.8 Å². The molecule has 32 heavy (non-hydrogen) atoms. The van der Waals surface area contributed by atoms with Gasteiger partial charge in [0.2, 0.25) is 0 Å². The van der Waals surface area contributed by atoms with E-state index >= 15 is 0 Å². The Balaban J connectivity index is 1.96. The number of Topliss-reactive ketones (excluding diaryl/α,β-unsaturated/α-hetero) is 1. The lowest BCUT2D eigenvalue weighted by Crippen LogP contribution is -2.29. The monoisotopic (exact) mass is 497 g/mol. The third-order valence-corrected chi connectivity index (χ3v) is 5.72. The van der Waals surface area contributed by atoms with Crippen molar-refractivity contribution in [1.82, 2.24) is 0 Å². The number of ether oxygens (including phenoxy) is 2. The van der Waals surface area contributed by atoms with Crippen LogP contribution in [0.4, 0.5) is 5.69 Å². The maximum Gasteiger partial charge on any atom is 0.300 e. The van der Waals surface area contributed by atoms with Gasteiger partial charge < -0.3 is 19.0 Å². The summed E-state index contributed by atoms with van der Waals surface area (Å²) < 4.78 is 17.1. The molecule has 1 unspecified atom stereocenters. The first-order valence-electron chi connectivity index (χ1n) is 9.71. The zero-order valence-corrected chi connectivity index (χ0v) is 19.2. The van der Waals surface area contributed by atoms with Crippen LogP contribution in [0, 0.1) is 6.92 Å². The molecule has 1 aliphatic rings. The first-order chi connectivity index (χ1) is 15.3. The minimum absolute atomic E-state index is 0.0900. The number of carbonyl (C=O) groups is 2. The Bertz CT molecular complexity index is 1240. The normalized spacial score (nSPS) is 17.6. The smallest absolute Gasteiger partial charge is 0.300 e. The molecule has 1 aromatic heterocycles. The van der Waals surface area contributed by atoms with Crippen LogP contribution in [0.1, 0.15) is 23.1 Å². The highest BCUT2D eigenvalue weighted by Crippen LogP contribution is 2.44. The number of rotatable bonds is 5. The van der Waals surface area contributed by atoms with Crippen LogP contribution in [-0.2, 0) is 9.59 Å². The molecular formula is C24H20BrNO6. The summed E-state index contributed by atoms with van der Waals surface area (Å²) in [6, 6.07) is 14.3. The van der Waals surface area contributed by atoms with E-state index in [1.165, 1.54) is 19.1 Å². The zero-order valence-electron chi connectivity index (χ0n) is 17.6. The Hall–Kier alpha value is -3.52. The predicted octanol–water partition coefficient (Wildman–Crippen LogP) is 4.99. The summed E-state index contributed by atoms with van der Waals surface area (Å²) >= 11 is 3.40. The van der Waals surface area contributed by atoms with E-state index in [0.717, 1.165) is 4.47 Å². The Morgan fingerprint density at radius 3 is 2.47 bits per heavy atom. The zero-order chi connectivity index (χ0) is 23.0. The standard InChI is InChI=1S/C24H20BrNO6/c1-13-7-10-18(32-13)21-20(22(27)17-9-8-16(30-2)12-19(17)31-3)23(28)24(29)26(21)15-6-4-5-14(25)11-15/h4-12,21,27H,1-3H3/b22-20-. The second kappa shape index (κ2) is 8.55. The lowest BCUT2D eigenvalue weighted by atomic mass is 9.98. The molecule has 164 valence electrons. The van der Waals surface area contributed by atoms with E-state index in [1.54, 1.807) is 55.5 Å². The van der Waals surface area contributed by atoms with Crippen LogP contribution in [0.3, 0.4) is 0 Å². The molecular weight excluding hydrogens is 478 g/mol.